The summed E-state index contributed by atoms with van der Waals surface area (Å²) in [5.74, 6) is -1.01. The predicted octanol–water partition coefficient (Wildman–Crippen LogP) is 7.41. The van der Waals surface area contributed by atoms with Gasteiger partial charge in [-0.05, 0) is 73.8 Å². The standard InChI is InChI=1S/C28H26Cl2F2N2O2/c29-23-5-4-6-24(30)28(23)34-26-17-19(36-14-13-33-11-2-1-3-12-33)16-22(21(26)9-10-27(34)35)20-8-7-18(31)15-25(20)32/h4-8,15-17H,1-3,9-14H2. The second kappa shape index (κ2) is 10.8. The number of ether oxygens (including phenoxy) is 1. The summed E-state index contributed by atoms with van der Waals surface area (Å²) in [6, 6.07) is 12.1. The summed E-state index contributed by atoms with van der Waals surface area (Å²) >= 11 is 13.0. The Kier molecular flexibility index (Phi) is 7.47. The first-order valence-corrected chi connectivity index (χ1v) is 12.9. The summed E-state index contributed by atoms with van der Waals surface area (Å²) in [6.07, 6.45) is 4.21. The van der Waals surface area contributed by atoms with E-state index in [-0.39, 0.29) is 17.9 Å². The van der Waals surface area contributed by atoms with Crippen molar-refractivity contribution in [2.24, 2.45) is 0 Å². The number of nitrogens with zero attached hydrogens (tertiary/aromatic N) is 2. The Hall–Kier alpha value is -2.67. The van der Waals surface area contributed by atoms with Gasteiger partial charge in [-0.15, -0.1) is 0 Å². The third kappa shape index (κ3) is 5.08. The molecule has 0 spiro atoms. The summed E-state index contributed by atoms with van der Waals surface area (Å²) < 4.78 is 34.8. The molecule has 0 radical (unpaired) electrons. The second-order valence-corrected chi connectivity index (χ2v) is 9.96. The molecule has 0 aliphatic carbocycles. The summed E-state index contributed by atoms with van der Waals surface area (Å²) in [6.45, 7) is 3.32. The van der Waals surface area contributed by atoms with Gasteiger partial charge in [0.05, 0.1) is 21.4 Å². The highest BCUT2D eigenvalue weighted by atomic mass is 35.5. The van der Waals surface area contributed by atoms with Gasteiger partial charge in [0, 0.05) is 30.7 Å². The van der Waals surface area contributed by atoms with Crippen LogP contribution in [0, 0.1) is 11.6 Å². The van der Waals surface area contributed by atoms with Crippen LogP contribution in [0.3, 0.4) is 0 Å². The van der Waals surface area contributed by atoms with Crippen molar-refractivity contribution in [1.29, 1.82) is 0 Å². The van der Waals surface area contributed by atoms with Crippen LogP contribution in [0.1, 0.15) is 31.2 Å². The maximum Gasteiger partial charge on any atom is 0.231 e. The van der Waals surface area contributed by atoms with Crippen molar-refractivity contribution >= 4 is 40.5 Å². The average Bonchev–Trinajstić information content (AvgIpc) is 2.85. The third-order valence-corrected chi connectivity index (χ3v) is 7.40. The van der Waals surface area contributed by atoms with E-state index in [2.05, 4.69) is 4.90 Å². The van der Waals surface area contributed by atoms with Crippen molar-refractivity contribution < 1.29 is 18.3 Å². The monoisotopic (exact) mass is 530 g/mol. The van der Waals surface area contributed by atoms with Crippen LogP contribution in [0.15, 0.2) is 48.5 Å². The Bertz CT molecular complexity index is 1270. The van der Waals surface area contributed by atoms with Crippen LogP contribution in [-0.2, 0) is 11.2 Å². The molecule has 0 atom stereocenters. The molecule has 3 aromatic rings. The van der Waals surface area contributed by atoms with Crippen LogP contribution in [0.2, 0.25) is 10.0 Å². The van der Waals surface area contributed by atoms with Gasteiger partial charge in [-0.2, -0.15) is 0 Å². The number of amides is 1. The van der Waals surface area contributed by atoms with E-state index in [0.717, 1.165) is 31.3 Å². The highest BCUT2D eigenvalue weighted by molar-refractivity contribution is 6.40. The van der Waals surface area contributed by atoms with Gasteiger partial charge in [0.15, 0.2) is 0 Å². The van der Waals surface area contributed by atoms with Crippen molar-refractivity contribution in [1.82, 2.24) is 4.90 Å². The van der Waals surface area contributed by atoms with Gasteiger partial charge < -0.3 is 4.74 Å². The lowest BCUT2D eigenvalue weighted by molar-refractivity contribution is -0.118. The van der Waals surface area contributed by atoms with Gasteiger partial charge in [0.1, 0.15) is 24.0 Å². The zero-order valence-corrected chi connectivity index (χ0v) is 21.2. The van der Waals surface area contributed by atoms with E-state index < -0.39 is 11.6 Å². The van der Waals surface area contributed by atoms with E-state index in [9.17, 15) is 13.6 Å². The SMILES string of the molecule is O=C1CCc2c(-c3ccc(F)cc3F)cc(OCCN3CCCCC3)cc2N1c1c(Cl)cccc1Cl. The van der Waals surface area contributed by atoms with E-state index >= 15 is 0 Å². The Labute approximate surface area is 219 Å². The molecule has 2 aliphatic heterocycles. The fourth-order valence-corrected chi connectivity index (χ4v) is 5.59. The Balaban J connectivity index is 1.59. The minimum Gasteiger partial charge on any atom is -0.492 e. The third-order valence-electron chi connectivity index (χ3n) is 6.79. The molecule has 1 fully saturated rings. The van der Waals surface area contributed by atoms with Crippen LogP contribution >= 0.6 is 23.2 Å². The summed E-state index contributed by atoms with van der Waals surface area (Å²) in [5, 5.41) is 0.657. The minimum absolute atomic E-state index is 0.173. The predicted molar refractivity (Wildman–Crippen MR) is 140 cm³/mol. The fraction of sp³-hybridized carbons (Fsp3) is 0.321. The van der Waals surface area contributed by atoms with Crippen LogP contribution in [0.25, 0.3) is 11.1 Å². The van der Waals surface area contributed by atoms with Gasteiger partial charge in [0.2, 0.25) is 5.91 Å². The molecule has 5 rings (SSSR count). The number of likely N-dealkylation sites (tertiary alicyclic amines) is 1. The number of benzene rings is 3. The molecular formula is C28H26Cl2F2N2O2. The van der Waals surface area contributed by atoms with Gasteiger partial charge in [-0.1, -0.05) is 35.7 Å². The van der Waals surface area contributed by atoms with Gasteiger partial charge in [0.25, 0.3) is 0 Å². The molecule has 188 valence electrons. The van der Waals surface area contributed by atoms with E-state index in [1.165, 1.54) is 36.3 Å². The number of para-hydroxylation sites is 1. The fourth-order valence-electron chi connectivity index (χ4n) is 5.03. The molecule has 0 unspecified atom stereocenters. The van der Waals surface area contributed by atoms with Crippen molar-refractivity contribution in [3.05, 3.63) is 75.8 Å². The van der Waals surface area contributed by atoms with Crippen molar-refractivity contribution in [3.63, 3.8) is 0 Å². The summed E-state index contributed by atoms with van der Waals surface area (Å²) in [4.78, 5) is 17.0. The molecule has 1 amide bonds. The van der Waals surface area contributed by atoms with Crippen LogP contribution < -0.4 is 9.64 Å². The number of piperidine rings is 1. The molecule has 4 nitrogen and oxygen atoms in total. The maximum atomic E-state index is 14.9. The molecule has 1 saturated heterocycles. The Morgan fingerprint density at radius 2 is 1.64 bits per heavy atom. The largest absolute Gasteiger partial charge is 0.492 e. The molecular weight excluding hydrogens is 505 g/mol. The summed E-state index contributed by atoms with van der Waals surface area (Å²) in [7, 11) is 0. The highest BCUT2D eigenvalue weighted by Gasteiger charge is 2.32. The molecule has 36 heavy (non-hydrogen) atoms. The lowest BCUT2D eigenvalue weighted by atomic mass is 9.90. The Morgan fingerprint density at radius 1 is 0.889 bits per heavy atom. The highest BCUT2D eigenvalue weighted by Crippen LogP contribution is 2.46. The number of anilines is 2. The average molecular weight is 531 g/mol. The number of carbonyl (C=O) groups excluding carboxylic acids is 1. The normalized spacial score (nSPS) is 16.2. The van der Waals surface area contributed by atoms with Gasteiger partial charge >= 0.3 is 0 Å². The molecule has 0 N–H and O–H groups in total. The first kappa shape index (κ1) is 25.0. The van der Waals surface area contributed by atoms with E-state index in [1.807, 2.05) is 0 Å². The lowest BCUT2D eigenvalue weighted by Crippen LogP contribution is -2.33. The number of fused-ring (bicyclic) bond motifs is 1. The molecule has 0 bridgehead atoms. The molecule has 0 saturated carbocycles. The van der Waals surface area contributed by atoms with Crippen LogP contribution in [-0.4, -0.2) is 37.0 Å². The van der Waals surface area contributed by atoms with Crippen molar-refractivity contribution in [2.45, 2.75) is 32.1 Å². The molecule has 0 aromatic heterocycles. The molecule has 2 heterocycles. The zero-order valence-electron chi connectivity index (χ0n) is 19.7. The molecule has 2 aliphatic rings. The lowest BCUT2D eigenvalue weighted by Gasteiger charge is -2.33. The van der Waals surface area contributed by atoms with Gasteiger partial charge in [-0.3, -0.25) is 14.6 Å². The number of hydrogen-bond donors (Lipinski definition) is 0. The number of hydrogen-bond acceptors (Lipinski definition) is 3. The smallest absolute Gasteiger partial charge is 0.231 e. The first-order valence-electron chi connectivity index (χ1n) is 12.2. The number of halogens is 4. The van der Waals surface area contributed by atoms with Crippen LogP contribution in [0.5, 0.6) is 5.75 Å². The molecule has 8 heteroatoms. The van der Waals surface area contributed by atoms with Crippen molar-refractivity contribution in [3.8, 4) is 16.9 Å². The topological polar surface area (TPSA) is 32.8 Å². The van der Waals surface area contributed by atoms with Gasteiger partial charge in [-0.25, -0.2) is 8.78 Å². The second-order valence-electron chi connectivity index (χ2n) is 9.14. The van der Waals surface area contributed by atoms with E-state index in [4.69, 9.17) is 27.9 Å². The van der Waals surface area contributed by atoms with Crippen molar-refractivity contribution in [2.75, 3.05) is 31.1 Å². The molecule has 3 aromatic carbocycles. The first-order chi connectivity index (χ1) is 17.4. The number of rotatable bonds is 6. The Morgan fingerprint density at radius 3 is 2.36 bits per heavy atom. The number of carbonyl (C=O) groups is 1. The van der Waals surface area contributed by atoms with E-state index in [0.29, 0.717) is 45.8 Å². The minimum atomic E-state index is -0.679. The quantitative estimate of drug-likeness (QED) is 0.332. The zero-order chi connectivity index (χ0) is 25.2. The summed E-state index contributed by atoms with van der Waals surface area (Å²) in [5.41, 5.74) is 2.46. The van der Waals surface area contributed by atoms with E-state index in [1.54, 1.807) is 30.3 Å². The maximum absolute atomic E-state index is 14.9. The van der Waals surface area contributed by atoms with Crippen LogP contribution in [0.4, 0.5) is 20.2 Å².